The van der Waals surface area contributed by atoms with Crippen molar-refractivity contribution in [1.29, 1.82) is 0 Å². The number of anilines is 1. The van der Waals surface area contributed by atoms with Crippen LogP contribution in [0.25, 0.3) is 6.08 Å². The van der Waals surface area contributed by atoms with E-state index in [1.54, 1.807) is 48.6 Å². The molecule has 1 aliphatic heterocycles. The molecule has 7 heteroatoms. The topological polar surface area (TPSA) is 66.5 Å². The van der Waals surface area contributed by atoms with Crippen LogP contribution < -0.4 is 4.72 Å². The first-order valence-corrected chi connectivity index (χ1v) is 11.4. The number of likely N-dealkylation sites (tertiary alicyclic amines) is 1. The first-order chi connectivity index (χ1) is 13.7. The zero-order chi connectivity index (χ0) is 21.0. The minimum absolute atomic E-state index is 0.0134. The van der Waals surface area contributed by atoms with Crippen molar-refractivity contribution in [3.8, 4) is 0 Å². The van der Waals surface area contributed by atoms with E-state index in [-0.39, 0.29) is 10.8 Å². The van der Waals surface area contributed by atoms with Crippen molar-refractivity contribution in [1.82, 2.24) is 4.90 Å². The molecule has 1 amide bonds. The molecule has 1 heterocycles. The molecule has 0 radical (unpaired) electrons. The Labute approximate surface area is 177 Å². The molecule has 154 valence electrons. The van der Waals surface area contributed by atoms with Crippen LogP contribution in [0.2, 0.25) is 5.02 Å². The van der Waals surface area contributed by atoms with Gasteiger partial charge in [0, 0.05) is 19.2 Å². The van der Waals surface area contributed by atoms with Crippen molar-refractivity contribution in [3.63, 3.8) is 0 Å². The van der Waals surface area contributed by atoms with Crippen LogP contribution in [0.15, 0.2) is 59.5 Å². The summed E-state index contributed by atoms with van der Waals surface area (Å²) in [6.45, 7) is 5.88. The Morgan fingerprint density at radius 1 is 1.07 bits per heavy atom. The summed E-state index contributed by atoms with van der Waals surface area (Å²) in [6.07, 6.45) is 4.41. The van der Waals surface area contributed by atoms with E-state index in [1.807, 2.05) is 4.90 Å². The fraction of sp³-hybridized carbons (Fsp3) is 0.318. The van der Waals surface area contributed by atoms with Crippen molar-refractivity contribution < 1.29 is 13.2 Å². The average Bonchev–Trinajstić information content (AvgIpc) is 2.67. The molecule has 1 fully saturated rings. The Balaban J connectivity index is 1.67. The molecule has 0 aliphatic carbocycles. The van der Waals surface area contributed by atoms with Crippen LogP contribution in [0.1, 0.15) is 25.8 Å². The highest BCUT2D eigenvalue weighted by atomic mass is 35.5. The molecule has 0 spiro atoms. The summed E-state index contributed by atoms with van der Waals surface area (Å²) in [6, 6.07) is 13.0. The lowest BCUT2D eigenvalue weighted by atomic mass is 9.92. The van der Waals surface area contributed by atoms with Crippen LogP contribution in [-0.2, 0) is 14.8 Å². The lowest BCUT2D eigenvalue weighted by molar-refractivity contribution is -0.128. The molecule has 2 unspecified atom stereocenters. The number of carbonyl (C=O) groups excluding carboxylic acids is 1. The fourth-order valence-corrected chi connectivity index (χ4v) is 4.94. The third kappa shape index (κ3) is 5.61. The molecule has 0 aromatic heterocycles. The van der Waals surface area contributed by atoms with E-state index in [0.717, 1.165) is 25.1 Å². The molecule has 1 aliphatic rings. The standard InChI is InChI=1S/C22H25ClN2O3S/c1-16-13-17(2)15-25(14-16)22(26)12-9-18-7-10-19(11-8-18)29(27,28)24-21-6-4-3-5-20(21)23/h3-12,16-17,24H,13-15H2,1-2H3/b12-9+. The largest absolute Gasteiger partial charge is 0.339 e. The van der Waals surface area contributed by atoms with E-state index in [9.17, 15) is 13.2 Å². The smallest absolute Gasteiger partial charge is 0.261 e. The zero-order valence-corrected chi connectivity index (χ0v) is 18.1. The molecule has 29 heavy (non-hydrogen) atoms. The first-order valence-electron chi connectivity index (χ1n) is 9.59. The monoisotopic (exact) mass is 432 g/mol. The van der Waals surface area contributed by atoms with E-state index in [0.29, 0.717) is 22.5 Å². The van der Waals surface area contributed by atoms with Gasteiger partial charge in [0.2, 0.25) is 5.91 Å². The number of halogens is 1. The van der Waals surface area contributed by atoms with E-state index in [4.69, 9.17) is 11.6 Å². The Morgan fingerprint density at radius 3 is 2.31 bits per heavy atom. The third-order valence-corrected chi connectivity index (χ3v) is 6.62. The van der Waals surface area contributed by atoms with E-state index in [1.165, 1.54) is 12.1 Å². The third-order valence-electron chi connectivity index (χ3n) is 4.91. The van der Waals surface area contributed by atoms with Gasteiger partial charge in [-0.2, -0.15) is 0 Å². The Hall–Kier alpha value is -2.31. The number of piperidine rings is 1. The Kier molecular flexibility index (Phi) is 6.65. The van der Waals surface area contributed by atoms with Gasteiger partial charge in [-0.15, -0.1) is 0 Å². The second-order valence-electron chi connectivity index (χ2n) is 7.68. The maximum atomic E-state index is 12.6. The van der Waals surface area contributed by atoms with E-state index in [2.05, 4.69) is 18.6 Å². The highest BCUT2D eigenvalue weighted by molar-refractivity contribution is 7.92. The molecule has 0 bridgehead atoms. The normalized spacial score (nSPS) is 20.0. The molecule has 1 N–H and O–H groups in total. The maximum Gasteiger partial charge on any atom is 0.261 e. The summed E-state index contributed by atoms with van der Waals surface area (Å²) >= 11 is 6.02. The summed E-state index contributed by atoms with van der Waals surface area (Å²) in [5, 5.41) is 0.329. The molecular weight excluding hydrogens is 408 g/mol. The van der Waals surface area contributed by atoms with E-state index >= 15 is 0 Å². The Morgan fingerprint density at radius 2 is 1.69 bits per heavy atom. The van der Waals surface area contributed by atoms with Crippen LogP contribution >= 0.6 is 11.6 Å². The predicted octanol–water partition coefficient (Wildman–Crippen LogP) is 4.66. The van der Waals surface area contributed by atoms with Crippen molar-refractivity contribution in [3.05, 3.63) is 65.2 Å². The lowest BCUT2D eigenvalue weighted by Crippen LogP contribution is -2.41. The van der Waals surface area contributed by atoms with Gasteiger partial charge in [-0.3, -0.25) is 9.52 Å². The van der Waals surface area contributed by atoms with Gasteiger partial charge < -0.3 is 4.90 Å². The number of hydrogen-bond acceptors (Lipinski definition) is 3. The molecule has 0 saturated carbocycles. The van der Waals surface area contributed by atoms with Crippen LogP contribution in [-0.4, -0.2) is 32.3 Å². The quantitative estimate of drug-likeness (QED) is 0.699. The van der Waals surface area contributed by atoms with Gasteiger partial charge in [0.15, 0.2) is 0 Å². The first kappa shape index (κ1) is 21.4. The van der Waals surface area contributed by atoms with Crippen LogP contribution in [0, 0.1) is 11.8 Å². The van der Waals surface area contributed by atoms with Gasteiger partial charge in [0.05, 0.1) is 15.6 Å². The van der Waals surface area contributed by atoms with Gasteiger partial charge >= 0.3 is 0 Å². The van der Waals surface area contributed by atoms with Gasteiger partial charge in [0.25, 0.3) is 10.0 Å². The number of nitrogens with zero attached hydrogens (tertiary/aromatic N) is 1. The number of carbonyl (C=O) groups is 1. The summed E-state index contributed by atoms with van der Waals surface area (Å²) < 4.78 is 27.6. The Bertz CT molecular complexity index is 993. The second-order valence-corrected chi connectivity index (χ2v) is 9.77. The van der Waals surface area contributed by atoms with Gasteiger partial charge in [-0.25, -0.2) is 8.42 Å². The highest BCUT2D eigenvalue weighted by Crippen LogP contribution is 2.24. The predicted molar refractivity (Wildman–Crippen MR) is 117 cm³/mol. The summed E-state index contributed by atoms with van der Waals surface area (Å²) in [5.74, 6) is 0.998. The minimum Gasteiger partial charge on any atom is -0.339 e. The number of hydrogen-bond donors (Lipinski definition) is 1. The maximum absolute atomic E-state index is 12.6. The summed E-state index contributed by atoms with van der Waals surface area (Å²) in [7, 11) is -3.75. The lowest BCUT2D eigenvalue weighted by Gasteiger charge is -2.34. The van der Waals surface area contributed by atoms with Crippen molar-refractivity contribution in [2.75, 3.05) is 17.8 Å². The molecule has 2 aromatic carbocycles. The summed E-state index contributed by atoms with van der Waals surface area (Å²) in [4.78, 5) is 14.4. The number of para-hydroxylation sites is 1. The fourth-order valence-electron chi connectivity index (χ4n) is 3.62. The van der Waals surface area contributed by atoms with Crippen LogP contribution in [0.4, 0.5) is 5.69 Å². The molecule has 5 nitrogen and oxygen atoms in total. The number of rotatable bonds is 5. The number of sulfonamides is 1. The number of amides is 1. The van der Waals surface area contributed by atoms with Crippen LogP contribution in [0.3, 0.4) is 0 Å². The average molecular weight is 433 g/mol. The van der Waals surface area contributed by atoms with E-state index < -0.39 is 10.0 Å². The van der Waals surface area contributed by atoms with Gasteiger partial charge in [-0.05, 0) is 54.2 Å². The van der Waals surface area contributed by atoms with Crippen LogP contribution in [0.5, 0.6) is 0 Å². The molecular formula is C22H25ClN2O3S. The number of benzene rings is 2. The molecule has 2 aromatic rings. The SMILES string of the molecule is CC1CC(C)CN(C(=O)/C=C/c2ccc(S(=O)(=O)Nc3ccccc3Cl)cc2)C1. The minimum atomic E-state index is -3.75. The van der Waals surface area contributed by atoms with Crippen molar-refractivity contribution in [2.45, 2.75) is 25.2 Å². The van der Waals surface area contributed by atoms with Gasteiger partial charge in [-0.1, -0.05) is 49.7 Å². The molecule has 3 rings (SSSR count). The molecule has 1 saturated heterocycles. The second kappa shape index (κ2) is 9.01. The van der Waals surface area contributed by atoms with Gasteiger partial charge in [0.1, 0.15) is 0 Å². The zero-order valence-electron chi connectivity index (χ0n) is 16.5. The number of nitrogens with one attached hydrogen (secondary N) is 1. The highest BCUT2D eigenvalue weighted by Gasteiger charge is 2.24. The summed E-state index contributed by atoms with van der Waals surface area (Å²) in [5.41, 5.74) is 1.09. The molecule has 2 atom stereocenters. The van der Waals surface area contributed by atoms with Crippen molar-refractivity contribution in [2.24, 2.45) is 11.8 Å². The van der Waals surface area contributed by atoms with Crippen molar-refractivity contribution >= 4 is 39.3 Å².